The first-order valence-corrected chi connectivity index (χ1v) is 4.07. The Morgan fingerprint density at radius 1 is 1.80 bits per heavy atom. The zero-order chi connectivity index (χ0) is 7.56. The van der Waals surface area contributed by atoms with Crippen molar-refractivity contribution < 1.29 is 5.11 Å². The fourth-order valence-electron chi connectivity index (χ4n) is 1.13. The van der Waals surface area contributed by atoms with E-state index in [4.69, 9.17) is 0 Å². The Balaban J connectivity index is 2.53. The molecule has 0 aliphatic carbocycles. The van der Waals surface area contributed by atoms with Crippen LogP contribution in [0.5, 0.6) is 0 Å². The van der Waals surface area contributed by atoms with Gasteiger partial charge in [0.1, 0.15) is 0 Å². The lowest BCUT2D eigenvalue weighted by Gasteiger charge is -2.14. The van der Waals surface area contributed by atoms with E-state index in [0.29, 0.717) is 0 Å². The third-order valence-corrected chi connectivity index (χ3v) is 2.13. The van der Waals surface area contributed by atoms with Crippen molar-refractivity contribution in [2.75, 3.05) is 20.1 Å². The summed E-state index contributed by atoms with van der Waals surface area (Å²) in [6, 6.07) is 0. The normalized spacial score (nSPS) is 29.5. The SMILES string of the molecule is CN1CC=C(P)CC(O)C1. The second-order valence-electron chi connectivity index (χ2n) is 2.86. The second kappa shape index (κ2) is 3.47. The molecule has 0 amide bonds. The molecule has 0 radical (unpaired) electrons. The zero-order valence-electron chi connectivity index (χ0n) is 6.25. The van der Waals surface area contributed by atoms with E-state index in [2.05, 4.69) is 20.2 Å². The second-order valence-corrected chi connectivity index (χ2v) is 3.60. The van der Waals surface area contributed by atoms with Crippen LogP contribution < -0.4 is 0 Å². The van der Waals surface area contributed by atoms with Gasteiger partial charge < -0.3 is 10.0 Å². The van der Waals surface area contributed by atoms with Gasteiger partial charge in [-0.05, 0) is 13.5 Å². The minimum Gasteiger partial charge on any atom is -0.391 e. The highest BCUT2D eigenvalue weighted by atomic mass is 31.0. The zero-order valence-corrected chi connectivity index (χ0v) is 7.40. The Morgan fingerprint density at radius 3 is 3.20 bits per heavy atom. The molecule has 1 rings (SSSR count). The molecule has 1 heterocycles. The van der Waals surface area contributed by atoms with Gasteiger partial charge in [0, 0.05) is 13.1 Å². The van der Waals surface area contributed by atoms with Crippen LogP contribution in [-0.2, 0) is 0 Å². The smallest absolute Gasteiger partial charge is 0.0707 e. The van der Waals surface area contributed by atoms with Gasteiger partial charge in [-0.25, -0.2) is 0 Å². The van der Waals surface area contributed by atoms with Crippen molar-refractivity contribution in [3.05, 3.63) is 11.4 Å². The van der Waals surface area contributed by atoms with Gasteiger partial charge in [0.25, 0.3) is 0 Å². The highest BCUT2D eigenvalue weighted by Crippen LogP contribution is 2.16. The molecule has 10 heavy (non-hydrogen) atoms. The van der Waals surface area contributed by atoms with Crippen molar-refractivity contribution in [2.24, 2.45) is 0 Å². The van der Waals surface area contributed by atoms with E-state index in [0.717, 1.165) is 19.5 Å². The molecule has 0 spiro atoms. The lowest BCUT2D eigenvalue weighted by atomic mass is 10.2. The van der Waals surface area contributed by atoms with E-state index in [9.17, 15) is 5.11 Å². The van der Waals surface area contributed by atoms with Gasteiger partial charge >= 0.3 is 0 Å². The Hall–Kier alpha value is 0.0900. The highest BCUT2D eigenvalue weighted by Gasteiger charge is 2.11. The minimum atomic E-state index is -0.184. The molecule has 1 aliphatic heterocycles. The molecule has 0 aromatic rings. The summed E-state index contributed by atoms with van der Waals surface area (Å²) in [5, 5.41) is 10.6. The van der Waals surface area contributed by atoms with Crippen molar-refractivity contribution >= 4 is 9.24 Å². The van der Waals surface area contributed by atoms with Crippen LogP contribution >= 0.6 is 9.24 Å². The first-order valence-electron chi connectivity index (χ1n) is 3.49. The number of nitrogens with zero attached hydrogens (tertiary/aromatic N) is 1. The third-order valence-electron chi connectivity index (χ3n) is 1.66. The molecule has 1 aliphatic rings. The molecule has 3 heteroatoms. The monoisotopic (exact) mass is 159 g/mol. The fourth-order valence-corrected chi connectivity index (χ4v) is 1.50. The predicted molar refractivity (Wildman–Crippen MR) is 45.9 cm³/mol. The minimum absolute atomic E-state index is 0.184. The topological polar surface area (TPSA) is 23.5 Å². The van der Waals surface area contributed by atoms with Gasteiger partial charge in [-0.15, -0.1) is 9.24 Å². The Kier molecular flexibility index (Phi) is 2.84. The number of likely N-dealkylation sites (N-methyl/N-ethyl adjacent to an activating group) is 1. The predicted octanol–water partition coefficient (Wildman–Crippen LogP) is 0.442. The first-order chi connectivity index (χ1) is 4.68. The van der Waals surface area contributed by atoms with Crippen LogP contribution in [0.3, 0.4) is 0 Å². The third kappa shape index (κ3) is 2.37. The van der Waals surface area contributed by atoms with Gasteiger partial charge in [-0.1, -0.05) is 11.4 Å². The van der Waals surface area contributed by atoms with Gasteiger partial charge in [-0.3, -0.25) is 0 Å². The summed E-state index contributed by atoms with van der Waals surface area (Å²) in [5.41, 5.74) is 0. The van der Waals surface area contributed by atoms with Crippen molar-refractivity contribution in [1.29, 1.82) is 0 Å². The standard InChI is InChI=1S/C7H14NOP/c1-8-3-2-7(10)4-6(9)5-8/h2,6,9H,3-5,10H2,1H3. The van der Waals surface area contributed by atoms with E-state index >= 15 is 0 Å². The van der Waals surface area contributed by atoms with Gasteiger partial charge in [0.05, 0.1) is 6.10 Å². The summed E-state index contributed by atoms with van der Waals surface area (Å²) in [4.78, 5) is 2.11. The number of hydrogen-bond donors (Lipinski definition) is 1. The molecule has 2 nitrogen and oxygen atoms in total. The molecule has 0 bridgehead atoms. The molecular weight excluding hydrogens is 145 g/mol. The highest BCUT2D eigenvalue weighted by molar-refractivity contribution is 7.22. The van der Waals surface area contributed by atoms with Crippen LogP contribution in [0.2, 0.25) is 0 Å². The molecule has 58 valence electrons. The summed E-state index contributed by atoms with van der Waals surface area (Å²) in [7, 11) is 4.67. The first kappa shape index (κ1) is 8.19. The van der Waals surface area contributed by atoms with E-state index in [1.807, 2.05) is 7.05 Å². The van der Waals surface area contributed by atoms with Gasteiger partial charge in [0.15, 0.2) is 0 Å². The Labute approximate surface area is 64.1 Å². The molecule has 0 saturated heterocycles. The molecule has 2 unspecified atom stereocenters. The summed E-state index contributed by atoms with van der Waals surface area (Å²) >= 11 is 0. The number of β-amino-alcohol motifs (C(OH)–C–C–N with tert-alkyl or cyclic N) is 1. The molecule has 2 atom stereocenters. The molecule has 1 N–H and O–H groups in total. The Bertz CT molecular complexity index is 147. The fraction of sp³-hybridized carbons (Fsp3) is 0.714. The number of rotatable bonds is 0. The molecule has 0 fully saturated rings. The van der Waals surface area contributed by atoms with Crippen molar-refractivity contribution in [3.63, 3.8) is 0 Å². The summed E-state index contributed by atoms with van der Waals surface area (Å²) in [6.45, 7) is 1.74. The van der Waals surface area contributed by atoms with Gasteiger partial charge in [0.2, 0.25) is 0 Å². The van der Waals surface area contributed by atoms with Crippen LogP contribution in [0.1, 0.15) is 6.42 Å². The number of aliphatic hydroxyl groups is 1. The maximum absolute atomic E-state index is 9.33. The number of aliphatic hydroxyl groups excluding tert-OH is 1. The molecule has 0 aromatic carbocycles. The quantitative estimate of drug-likeness (QED) is 0.518. The van der Waals surface area contributed by atoms with E-state index < -0.39 is 0 Å². The number of hydrogen-bond acceptors (Lipinski definition) is 2. The maximum atomic E-state index is 9.33. The average molecular weight is 159 g/mol. The molecule has 0 saturated carbocycles. The largest absolute Gasteiger partial charge is 0.391 e. The summed E-state index contributed by atoms with van der Waals surface area (Å²) < 4.78 is 0. The maximum Gasteiger partial charge on any atom is 0.0707 e. The van der Waals surface area contributed by atoms with Crippen molar-refractivity contribution in [2.45, 2.75) is 12.5 Å². The summed E-state index contributed by atoms with van der Waals surface area (Å²) in [6.07, 6.45) is 2.76. The molecule has 0 aromatic heterocycles. The summed E-state index contributed by atoms with van der Waals surface area (Å²) in [5.74, 6) is 0. The van der Waals surface area contributed by atoms with E-state index in [-0.39, 0.29) is 6.10 Å². The van der Waals surface area contributed by atoms with Crippen LogP contribution in [-0.4, -0.2) is 36.2 Å². The van der Waals surface area contributed by atoms with Crippen molar-refractivity contribution in [3.8, 4) is 0 Å². The average Bonchev–Trinajstić information content (AvgIpc) is 1.93. The lowest BCUT2D eigenvalue weighted by Crippen LogP contribution is -2.27. The van der Waals surface area contributed by atoms with Crippen LogP contribution in [0.15, 0.2) is 11.4 Å². The van der Waals surface area contributed by atoms with Crippen LogP contribution in [0.4, 0.5) is 0 Å². The van der Waals surface area contributed by atoms with Crippen molar-refractivity contribution in [1.82, 2.24) is 4.90 Å². The van der Waals surface area contributed by atoms with Gasteiger partial charge in [-0.2, -0.15) is 0 Å². The Morgan fingerprint density at radius 2 is 2.50 bits per heavy atom. The van der Waals surface area contributed by atoms with Crippen LogP contribution in [0, 0.1) is 0 Å². The lowest BCUT2D eigenvalue weighted by molar-refractivity contribution is 0.137. The van der Waals surface area contributed by atoms with Crippen LogP contribution in [0.25, 0.3) is 0 Å². The van der Waals surface area contributed by atoms with E-state index in [1.54, 1.807) is 0 Å². The van der Waals surface area contributed by atoms with E-state index in [1.165, 1.54) is 5.31 Å². The molecular formula is C7H14NOP.